The van der Waals surface area contributed by atoms with Gasteiger partial charge in [0, 0.05) is 17.2 Å². The number of carbonyl (C=O) groups excluding carboxylic acids is 1. The lowest BCUT2D eigenvalue weighted by atomic mass is 10.2. The van der Waals surface area contributed by atoms with Crippen LogP contribution >= 0.6 is 15.9 Å². The normalized spacial score (nSPS) is 11.7. The second-order valence-corrected chi connectivity index (χ2v) is 10.9. The molecule has 0 fully saturated rings. The summed E-state index contributed by atoms with van der Waals surface area (Å²) in [6.45, 7) is -0.429. The summed E-state index contributed by atoms with van der Waals surface area (Å²) in [6, 6.07) is 12.8. The molecular weight excluding hydrogens is 470 g/mol. The molecule has 0 heterocycles. The van der Waals surface area contributed by atoms with Gasteiger partial charge >= 0.3 is 0 Å². The summed E-state index contributed by atoms with van der Waals surface area (Å²) in [5.74, 6) is -0.565. The topological polar surface area (TPSA) is 104 Å². The maximum Gasteiger partial charge on any atom is 0.245 e. The first-order chi connectivity index (χ1) is 12.9. The lowest BCUT2D eigenvalue weighted by Gasteiger charge is -2.22. The van der Waals surface area contributed by atoms with E-state index in [0.717, 1.165) is 21.1 Å². The Morgan fingerprint density at radius 2 is 1.57 bits per heavy atom. The Hall–Kier alpha value is -2.11. The zero-order valence-corrected chi connectivity index (χ0v) is 18.7. The molecule has 0 aliphatic heterocycles. The van der Waals surface area contributed by atoms with Gasteiger partial charge in [-0.15, -0.1) is 0 Å². The van der Waals surface area contributed by atoms with Crippen molar-refractivity contribution in [2.75, 3.05) is 40.0 Å². The van der Waals surface area contributed by atoms with Crippen molar-refractivity contribution in [2.24, 2.45) is 0 Å². The van der Waals surface area contributed by atoms with Crippen LogP contribution in [0.1, 0.15) is 0 Å². The van der Waals surface area contributed by atoms with Crippen molar-refractivity contribution >= 4 is 58.9 Å². The van der Waals surface area contributed by atoms with Gasteiger partial charge in [0.05, 0.1) is 23.9 Å². The fourth-order valence-electron chi connectivity index (χ4n) is 2.33. The number of carbonyl (C=O) groups is 1. The molecule has 8 nitrogen and oxygen atoms in total. The van der Waals surface area contributed by atoms with Crippen LogP contribution in [0.15, 0.2) is 53.0 Å². The molecular formula is C17H20BrN3O5S2. The molecule has 0 aliphatic carbocycles. The summed E-state index contributed by atoms with van der Waals surface area (Å²) >= 11 is 3.28. The number of nitrogens with zero attached hydrogens (tertiary/aromatic N) is 2. The molecule has 0 saturated carbocycles. The van der Waals surface area contributed by atoms with Crippen LogP contribution in [0.3, 0.4) is 0 Å². The number of benzene rings is 2. The fourth-order valence-corrected chi connectivity index (χ4v) is 4.07. The van der Waals surface area contributed by atoms with Crippen LogP contribution in [0.4, 0.5) is 17.1 Å². The molecule has 0 saturated heterocycles. The highest BCUT2D eigenvalue weighted by Crippen LogP contribution is 2.23. The minimum absolute atomic E-state index is 0.345. The van der Waals surface area contributed by atoms with Crippen molar-refractivity contribution in [2.45, 2.75) is 0 Å². The Bertz CT molecular complexity index is 1090. The van der Waals surface area contributed by atoms with E-state index >= 15 is 0 Å². The van der Waals surface area contributed by atoms with E-state index in [0.29, 0.717) is 21.5 Å². The number of halogens is 1. The van der Waals surface area contributed by atoms with Crippen molar-refractivity contribution in [1.29, 1.82) is 0 Å². The molecule has 2 aromatic rings. The van der Waals surface area contributed by atoms with E-state index < -0.39 is 32.5 Å². The molecule has 1 amide bonds. The number of rotatable bonds is 7. The van der Waals surface area contributed by atoms with E-state index in [1.165, 1.54) is 13.1 Å². The molecule has 0 bridgehead atoms. The maximum atomic E-state index is 12.4. The Kier molecular flexibility index (Phi) is 6.73. The largest absolute Gasteiger partial charge is 0.324 e. The zero-order chi connectivity index (χ0) is 21.1. The van der Waals surface area contributed by atoms with E-state index in [4.69, 9.17) is 0 Å². The zero-order valence-electron chi connectivity index (χ0n) is 15.5. The Labute approximate surface area is 173 Å². The first-order valence-electron chi connectivity index (χ1n) is 7.95. The molecule has 2 rings (SSSR count). The van der Waals surface area contributed by atoms with Gasteiger partial charge in [0.2, 0.25) is 26.0 Å². The van der Waals surface area contributed by atoms with E-state index in [-0.39, 0.29) is 0 Å². The first kappa shape index (κ1) is 22.2. The maximum absolute atomic E-state index is 12.4. The van der Waals surface area contributed by atoms with Crippen molar-refractivity contribution in [1.82, 2.24) is 0 Å². The highest BCUT2D eigenvalue weighted by molar-refractivity contribution is 9.10. The molecule has 0 aliphatic rings. The van der Waals surface area contributed by atoms with Crippen LogP contribution in [0.25, 0.3) is 0 Å². The lowest BCUT2D eigenvalue weighted by molar-refractivity contribution is -0.114. The van der Waals surface area contributed by atoms with Crippen LogP contribution in [-0.2, 0) is 24.8 Å². The summed E-state index contributed by atoms with van der Waals surface area (Å²) in [5.41, 5.74) is 1.06. The average Bonchev–Trinajstić information content (AvgIpc) is 2.57. The quantitative estimate of drug-likeness (QED) is 0.641. The van der Waals surface area contributed by atoms with Gasteiger partial charge < -0.3 is 5.32 Å². The fraction of sp³-hybridized carbons (Fsp3) is 0.235. The highest BCUT2D eigenvalue weighted by Gasteiger charge is 2.21. The predicted molar refractivity (Wildman–Crippen MR) is 115 cm³/mol. The summed E-state index contributed by atoms with van der Waals surface area (Å²) < 4.78 is 50.4. The standard InChI is InChI=1S/C17H20BrN3O5S2/c1-20(27(2,23)24)15-8-5-7-14(11-15)19-17(22)12-21(28(3,25)26)16-9-4-6-13(18)10-16/h4-11H,12H2,1-3H3,(H,19,22). The molecule has 2 aromatic carbocycles. The molecule has 1 N–H and O–H groups in total. The monoisotopic (exact) mass is 489 g/mol. The van der Waals surface area contributed by atoms with Crippen molar-refractivity contribution in [3.63, 3.8) is 0 Å². The Balaban J connectivity index is 2.22. The molecule has 11 heteroatoms. The summed E-state index contributed by atoms with van der Waals surface area (Å²) in [7, 11) is -5.75. The Morgan fingerprint density at radius 1 is 0.964 bits per heavy atom. The number of anilines is 3. The first-order valence-corrected chi connectivity index (χ1v) is 12.4. The van der Waals surface area contributed by atoms with E-state index in [2.05, 4.69) is 21.2 Å². The second kappa shape index (κ2) is 8.50. The third kappa shape index (κ3) is 5.94. The summed E-state index contributed by atoms with van der Waals surface area (Å²) in [5, 5.41) is 2.60. The van der Waals surface area contributed by atoms with Crippen LogP contribution < -0.4 is 13.9 Å². The van der Waals surface area contributed by atoms with Crippen LogP contribution in [-0.4, -0.2) is 48.8 Å². The van der Waals surface area contributed by atoms with Gasteiger partial charge in [-0.2, -0.15) is 0 Å². The SMILES string of the molecule is CN(c1cccc(NC(=O)CN(c2cccc(Br)c2)S(C)(=O)=O)c1)S(C)(=O)=O. The molecule has 0 radical (unpaired) electrons. The van der Waals surface area contributed by atoms with E-state index in [1.54, 1.807) is 42.5 Å². The molecule has 0 atom stereocenters. The second-order valence-electron chi connectivity index (χ2n) is 6.08. The number of sulfonamides is 2. The molecule has 0 spiro atoms. The van der Waals surface area contributed by atoms with Crippen LogP contribution in [0.5, 0.6) is 0 Å². The van der Waals surface area contributed by atoms with E-state index in [9.17, 15) is 21.6 Å². The minimum Gasteiger partial charge on any atom is -0.324 e. The summed E-state index contributed by atoms with van der Waals surface area (Å²) in [4.78, 5) is 12.4. The molecule has 152 valence electrons. The van der Waals surface area contributed by atoms with E-state index in [1.807, 2.05) is 0 Å². The Morgan fingerprint density at radius 3 is 2.14 bits per heavy atom. The van der Waals surface area contributed by atoms with Gasteiger partial charge in [-0.05, 0) is 36.4 Å². The predicted octanol–water partition coefficient (Wildman–Crippen LogP) is 2.25. The number of nitrogens with one attached hydrogen (secondary N) is 1. The van der Waals surface area contributed by atoms with Gasteiger partial charge in [-0.1, -0.05) is 28.1 Å². The average molecular weight is 490 g/mol. The molecule has 28 heavy (non-hydrogen) atoms. The van der Waals surface area contributed by atoms with Crippen molar-refractivity contribution < 1.29 is 21.6 Å². The smallest absolute Gasteiger partial charge is 0.245 e. The van der Waals surface area contributed by atoms with Gasteiger partial charge in [0.25, 0.3) is 0 Å². The molecule has 0 unspecified atom stereocenters. The third-order valence-corrected chi connectivity index (χ3v) is 6.61. The van der Waals surface area contributed by atoms with Crippen molar-refractivity contribution in [3.05, 3.63) is 53.0 Å². The molecule has 0 aromatic heterocycles. The minimum atomic E-state index is -3.70. The number of amides is 1. The van der Waals surface area contributed by atoms with Gasteiger partial charge in [0.1, 0.15) is 6.54 Å². The number of hydrogen-bond donors (Lipinski definition) is 1. The lowest BCUT2D eigenvalue weighted by Crippen LogP contribution is -2.37. The number of hydrogen-bond acceptors (Lipinski definition) is 5. The summed E-state index contributed by atoms with van der Waals surface area (Å²) in [6.07, 6.45) is 2.09. The van der Waals surface area contributed by atoms with Crippen LogP contribution in [0, 0.1) is 0 Å². The van der Waals surface area contributed by atoms with Gasteiger partial charge in [-0.3, -0.25) is 13.4 Å². The van der Waals surface area contributed by atoms with Crippen molar-refractivity contribution in [3.8, 4) is 0 Å². The highest BCUT2D eigenvalue weighted by atomic mass is 79.9. The van der Waals surface area contributed by atoms with Gasteiger partial charge in [-0.25, -0.2) is 16.8 Å². The van der Waals surface area contributed by atoms with Crippen LogP contribution in [0.2, 0.25) is 0 Å². The third-order valence-electron chi connectivity index (χ3n) is 3.77. The van der Waals surface area contributed by atoms with Gasteiger partial charge in [0.15, 0.2) is 0 Å².